The number of nitrogens with zero attached hydrogens (tertiary/aromatic N) is 1. The molecule has 0 saturated carbocycles. The number of anilines is 3. The van der Waals surface area contributed by atoms with E-state index in [0.717, 1.165) is 16.8 Å². The summed E-state index contributed by atoms with van der Waals surface area (Å²) < 4.78 is 12.9. The van der Waals surface area contributed by atoms with Gasteiger partial charge >= 0.3 is 0 Å². The Morgan fingerprint density at radius 2 is 1.72 bits per heavy atom. The first-order chi connectivity index (χ1) is 12.1. The fourth-order valence-electron chi connectivity index (χ4n) is 2.41. The first-order valence-corrected chi connectivity index (χ1v) is 7.93. The van der Waals surface area contributed by atoms with E-state index in [0.29, 0.717) is 17.9 Å². The van der Waals surface area contributed by atoms with E-state index in [4.69, 9.17) is 0 Å². The van der Waals surface area contributed by atoms with Crippen molar-refractivity contribution in [1.29, 1.82) is 0 Å². The second-order valence-electron chi connectivity index (χ2n) is 5.72. The molecule has 25 heavy (non-hydrogen) atoms. The number of rotatable bonds is 5. The first kappa shape index (κ1) is 16.6. The molecule has 4 nitrogen and oxygen atoms in total. The lowest BCUT2D eigenvalue weighted by Crippen LogP contribution is -2.15. The molecule has 1 amide bonds. The zero-order valence-electron chi connectivity index (χ0n) is 13.8. The van der Waals surface area contributed by atoms with Crippen molar-refractivity contribution >= 4 is 23.1 Å². The Labute approximate surface area is 145 Å². The zero-order chi connectivity index (χ0) is 17.6. The number of benzene rings is 2. The van der Waals surface area contributed by atoms with E-state index in [1.807, 2.05) is 31.2 Å². The minimum Gasteiger partial charge on any atom is -0.340 e. The van der Waals surface area contributed by atoms with Crippen molar-refractivity contribution in [3.8, 4) is 0 Å². The fraction of sp³-hybridized carbons (Fsp3) is 0.100. The van der Waals surface area contributed by atoms with Crippen LogP contribution in [0.1, 0.15) is 11.1 Å². The van der Waals surface area contributed by atoms with Crippen molar-refractivity contribution in [3.63, 3.8) is 0 Å². The van der Waals surface area contributed by atoms with Gasteiger partial charge in [0.1, 0.15) is 11.6 Å². The number of pyridine rings is 1. The number of aryl methyl sites for hydroxylation is 1. The summed E-state index contributed by atoms with van der Waals surface area (Å²) in [6.07, 6.45) is 1.91. The van der Waals surface area contributed by atoms with Crippen LogP contribution in [0.15, 0.2) is 66.9 Å². The Morgan fingerprint density at radius 3 is 2.40 bits per heavy atom. The summed E-state index contributed by atoms with van der Waals surface area (Å²) in [4.78, 5) is 16.4. The van der Waals surface area contributed by atoms with Crippen LogP contribution in [0.3, 0.4) is 0 Å². The minimum atomic E-state index is -0.287. The second-order valence-corrected chi connectivity index (χ2v) is 5.72. The van der Waals surface area contributed by atoms with Crippen LogP contribution in [0.25, 0.3) is 0 Å². The van der Waals surface area contributed by atoms with Crippen molar-refractivity contribution in [2.24, 2.45) is 0 Å². The van der Waals surface area contributed by atoms with Crippen LogP contribution in [-0.4, -0.2) is 10.9 Å². The lowest BCUT2D eigenvalue weighted by molar-refractivity contribution is -0.115. The van der Waals surface area contributed by atoms with E-state index >= 15 is 0 Å². The number of hydrogen-bond donors (Lipinski definition) is 2. The molecule has 0 aliphatic carbocycles. The van der Waals surface area contributed by atoms with E-state index in [-0.39, 0.29) is 11.7 Å². The fourth-order valence-corrected chi connectivity index (χ4v) is 2.41. The Morgan fingerprint density at radius 1 is 1.00 bits per heavy atom. The summed E-state index contributed by atoms with van der Waals surface area (Å²) >= 11 is 0. The number of carbonyl (C=O) groups excluding carboxylic acids is 1. The third-order valence-corrected chi connectivity index (χ3v) is 3.78. The van der Waals surface area contributed by atoms with Gasteiger partial charge in [0.05, 0.1) is 18.3 Å². The smallest absolute Gasteiger partial charge is 0.228 e. The van der Waals surface area contributed by atoms with Crippen LogP contribution in [-0.2, 0) is 11.2 Å². The summed E-state index contributed by atoms with van der Waals surface area (Å²) in [6.45, 7) is 1.99. The largest absolute Gasteiger partial charge is 0.340 e. The van der Waals surface area contributed by atoms with Gasteiger partial charge in [-0.3, -0.25) is 4.79 Å². The molecule has 1 heterocycles. The standard InChI is InChI=1S/C20H18FN3O/c1-14-4-2-3-5-15(14)12-20(25)24-18-10-11-19(22-13-18)23-17-8-6-16(21)7-9-17/h2-11,13H,12H2,1H3,(H,22,23)(H,24,25). The highest BCUT2D eigenvalue weighted by atomic mass is 19.1. The molecule has 2 N–H and O–H groups in total. The number of carbonyl (C=O) groups is 1. The van der Waals surface area contributed by atoms with Crippen molar-refractivity contribution in [1.82, 2.24) is 4.98 Å². The summed E-state index contributed by atoms with van der Waals surface area (Å²) in [5, 5.41) is 5.91. The number of aromatic nitrogens is 1. The second kappa shape index (κ2) is 7.57. The highest BCUT2D eigenvalue weighted by Gasteiger charge is 2.06. The maximum Gasteiger partial charge on any atom is 0.228 e. The SMILES string of the molecule is Cc1ccccc1CC(=O)Nc1ccc(Nc2ccc(F)cc2)nc1. The summed E-state index contributed by atoms with van der Waals surface area (Å²) in [7, 11) is 0. The monoisotopic (exact) mass is 335 g/mol. The van der Waals surface area contributed by atoms with Gasteiger partial charge in [-0.1, -0.05) is 24.3 Å². The molecule has 3 aromatic rings. The lowest BCUT2D eigenvalue weighted by atomic mass is 10.1. The Balaban J connectivity index is 1.59. The van der Waals surface area contributed by atoms with Gasteiger partial charge in [-0.05, 0) is 54.4 Å². The maximum absolute atomic E-state index is 12.9. The maximum atomic E-state index is 12.9. The first-order valence-electron chi connectivity index (χ1n) is 7.93. The van der Waals surface area contributed by atoms with E-state index < -0.39 is 0 Å². The molecule has 1 aromatic heterocycles. The Hall–Kier alpha value is -3.21. The molecule has 0 saturated heterocycles. The molecule has 5 heteroatoms. The van der Waals surface area contributed by atoms with E-state index in [2.05, 4.69) is 15.6 Å². The summed E-state index contributed by atoms with van der Waals surface area (Å²) in [5.41, 5.74) is 3.46. The third-order valence-electron chi connectivity index (χ3n) is 3.78. The summed E-state index contributed by atoms with van der Waals surface area (Å²) in [6, 6.07) is 17.4. The van der Waals surface area contributed by atoms with Crippen LogP contribution >= 0.6 is 0 Å². The number of halogens is 1. The van der Waals surface area contributed by atoms with E-state index in [1.165, 1.54) is 12.1 Å². The van der Waals surface area contributed by atoms with Gasteiger partial charge in [0.25, 0.3) is 0 Å². The quantitative estimate of drug-likeness (QED) is 0.724. The van der Waals surface area contributed by atoms with Gasteiger partial charge in [-0.25, -0.2) is 9.37 Å². The highest BCUT2D eigenvalue weighted by molar-refractivity contribution is 5.92. The lowest BCUT2D eigenvalue weighted by Gasteiger charge is -2.09. The molecule has 0 spiro atoms. The molecule has 0 unspecified atom stereocenters. The molecule has 0 atom stereocenters. The van der Waals surface area contributed by atoms with E-state index in [1.54, 1.807) is 30.5 Å². The molecule has 0 aliphatic heterocycles. The topological polar surface area (TPSA) is 54.0 Å². The van der Waals surface area contributed by atoms with Gasteiger partial charge in [0.2, 0.25) is 5.91 Å². The molecule has 2 aromatic carbocycles. The average Bonchev–Trinajstić information content (AvgIpc) is 2.61. The van der Waals surface area contributed by atoms with Gasteiger partial charge in [-0.15, -0.1) is 0 Å². The molecule has 126 valence electrons. The molecule has 0 aliphatic rings. The highest BCUT2D eigenvalue weighted by Crippen LogP contribution is 2.17. The summed E-state index contributed by atoms with van der Waals surface area (Å²) in [5.74, 6) is 0.240. The molecule has 0 bridgehead atoms. The van der Waals surface area contributed by atoms with Crippen molar-refractivity contribution in [3.05, 3.63) is 83.8 Å². The number of amides is 1. The van der Waals surface area contributed by atoms with Gasteiger partial charge in [0.15, 0.2) is 0 Å². The number of nitrogens with one attached hydrogen (secondary N) is 2. The normalized spacial score (nSPS) is 10.3. The van der Waals surface area contributed by atoms with Gasteiger partial charge in [-0.2, -0.15) is 0 Å². The van der Waals surface area contributed by atoms with Crippen LogP contribution < -0.4 is 10.6 Å². The molecule has 3 rings (SSSR count). The average molecular weight is 335 g/mol. The van der Waals surface area contributed by atoms with Crippen LogP contribution in [0.5, 0.6) is 0 Å². The predicted molar refractivity (Wildman–Crippen MR) is 97.4 cm³/mol. The Kier molecular flexibility index (Phi) is 5.04. The van der Waals surface area contributed by atoms with Crippen molar-refractivity contribution in [2.75, 3.05) is 10.6 Å². The van der Waals surface area contributed by atoms with Crippen LogP contribution in [0, 0.1) is 12.7 Å². The molecular formula is C20H18FN3O. The van der Waals surface area contributed by atoms with E-state index in [9.17, 15) is 9.18 Å². The zero-order valence-corrected chi connectivity index (χ0v) is 13.8. The van der Waals surface area contributed by atoms with Gasteiger partial charge in [0, 0.05) is 5.69 Å². The van der Waals surface area contributed by atoms with Crippen molar-refractivity contribution in [2.45, 2.75) is 13.3 Å². The number of hydrogen-bond acceptors (Lipinski definition) is 3. The molecular weight excluding hydrogens is 317 g/mol. The third kappa shape index (κ3) is 4.64. The molecule has 0 fully saturated rings. The van der Waals surface area contributed by atoms with Crippen molar-refractivity contribution < 1.29 is 9.18 Å². The minimum absolute atomic E-state index is 0.0876. The predicted octanol–water partition coefficient (Wildman–Crippen LogP) is 4.45. The van der Waals surface area contributed by atoms with Crippen LogP contribution in [0.2, 0.25) is 0 Å². The molecule has 0 radical (unpaired) electrons. The van der Waals surface area contributed by atoms with Gasteiger partial charge < -0.3 is 10.6 Å². The Bertz CT molecular complexity index is 861. The van der Waals surface area contributed by atoms with Crippen LogP contribution in [0.4, 0.5) is 21.6 Å².